The zero-order valence-electron chi connectivity index (χ0n) is 17.7. The van der Waals surface area contributed by atoms with E-state index in [2.05, 4.69) is 6.58 Å². The second kappa shape index (κ2) is 8.00. The van der Waals surface area contributed by atoms with Crippen LogP contribution in [0.15, 0.2) is 35.6 Å². The van der Waals surface area contributed by atoms with Crippen molar-refractivity contribution in [2.75, 3.05) is 6.61 Å². The summed E-state index contributed by atoms with van der Waals surface area (Å²) < 4.78 is 22.2. The van der Waals surface area contributed by atoms with E-state index in [1.165, 1.54) is 13.0 Å². The molecule has 2 bridgehead atoms. The molecule has 0 aromatic carbocycles. The summed E-state index contributed by atoms with van der Waals surface area (Å²) >= 11 is 0. The number of ether oxygens (including phenoxy) is 4. The molecule has 3 aliphatic heterocycles. The van der Waals surface area contributed by atoms with Crippen molar-refractivity contribution in [1.29, 1.82) is 0 Å². The number of fused-ring (bicyclic) bond motifs is 3. The first-order valence-corrected chi connectivity index (χ1v) is 10.1. The van der Waals surface area contributed by atoms with Gasteiger partial charge < -0.3 is 24.1 Å². The number of carbonyl (C=O) groups excluding carboxylic acids is 3. The molecular weight excluding hydrogens is 392 g/mol. The molecule has 0 aromatic rings. The predicted molar refractivity (Wildman–Crippen MR) is 105 cm³/mol. The van der Waals surface area contributed by atoms with E-state index in [9.17, 15) is 19.5 Å². The molecule has 8 heteroatoms. The quantitative estimate of drug-likeness (QED) is 0.410. The van der Waals surface area contributed by atoms with Crippen molar-refractivity contribution in [3.8, 4) is 0 Å². The molecule has 0 amide bonds. The molecule has 0 radical (unpaired) electrons. The normalized spacial score (nSPS) is 35.8. The van der Waals surface area contributed by atoms with E-state index in [0.29, 0.717) is 18.4 Å². The average molecular weight is 420 g/mol. The Kier molecular flexibility index (Phi) is 5.93. The number of hydrogen-bond acceptors (Lipinski definition) is 8. The molecule has 1 unspecified atom stereocenters. The fraction of sp³-hybridized carbons (Fsp3) is 0.591. The first kappa shape index (κ1) is 22.2. The van der Waals surface area contributed by atoms with Gasteiger partial charge in [0.25, 0.3) is 0 Å². The summed E-state index contributed by atoms with van der Waals surface area (Å²) in [6, 6.07) is 0. The third-order valence-electron chi connectivity index (χ3n) is 5.93. The molecule has 0 spiro atoms. The van der Waals surface area contributed by atoms with Crippen molar-refractivity contribution in [3.63, 3.8) is 0 Å². The molecule has 3 heterocycles. The van der Waals surface area contributed by atoms with Crippen LogP contribution >= 0.6 is 0 Å². The fourth-order valence-electron chi connectivity index (χ4n) is 3.98. The largest absolute Gasteiger partial charge is 0.461 e. The zero-order valence-corrected chi connectivity index (χ0v) is 17.7. The smallest absolute Gasteiger partial charge is 0.343 e. The Labute approximate surface area is 175 Å². The van der Waals surface area contributed by atoms with E-state index >= 15 is 0 Å². The Morgan fingerprint density at radius 2 is 2.13 bits per heavy atom. The molecule has 3 rings (SSSR count). The average Bonchev–Trinajstić information content (AvgIpc) is 3.14. The van der Waals surface area contributed by atoms with E-state index in [0.717, 1.165) is 0 Å². The van der Waals surface area contributed by atoms with Crippen molar-refractivity contribution in [1.82, 2.24) is 0 Å². The molecule has 1 saturated heterocycles. The number of hydrogen-bond donors (Lipinski definition) is 1. The number of carbonyl (C=O) groups is 3. The Balaban J connectivity index is 2.10. The second-order valence-corrected chi connectivity index (χ2v) is 8.42. The Bertz CT molecular complexity index is 840. The third-order valence-corrected chi connectivity index (χ3v) is 5.93. The first-order valence-electron chi connectivity index (χ1n) is 10.1. The van der Waals surface area contributed by atoms with Crippen LogP contribution in [0.2, 0.25) is 0 Å². The summed E-state index contributed by atoms with van der Waals surface area (Å²) in [5.74, 6) is -3.93. The summed E-state index contributed by atoms with van der Waals surface area (Å²) in [6.07, 6.45) is 3.31. The minimum Gasteiger partial charge on any atom is -0.461 e. The summed E-state index contributed by atoms with van der Waals surface area (Å²) in [5.41, 5.74) is -0.409. The van der Waals surface area contributed by atoms with E-state index < -0.39 is 47.2 Å². The molecule has 3 aliphatic rings. The number of rotatable bonds is 5. The molecular formula is C22H28O8. The van der Waals surface area contributed by atoms with E-state index in [1.807, 2.05) is 0 Å². The van der Waals surface area contributed by atoms with Crippen molar-refractivity contribution in [2.24, 2.45) is 11.8 Å². The lowest BCUT2D eigenvalue weighted by molar-refractivity contribution is -0.239. The highest BCUT2D eigenvalue weighted by molar-refractivity contribution is 5.95. The molecule has 0 aromatic heterocycles. The molecule has 30 heavy (non-hydrogen) atoms. The maximum absolute atomic E-state index is 12.6. The SMILES string of the molecule is C=CC(C)C(=O)O[C@H]1C[C@@H](C)[C@]2(O)CC[C@](C)(/C=C3/OC(=O)C(COC(C)=O)=C31)O2. The monoisotopic (exact) mass is 420 g/mol. The maximum Gasteiger partial charge on any atom is 0.343 e. The van der Waals surface area contributed by atoms with Gasteiger partial charge in [-0.2, -0.15) is 0 Å². The molecule has 1 N–H and O–H groups in total. The van der Waals surface area contributed by atoms with Gasteiger partial charge in [-0.15, -0.1) is 6.58 Å². The second-order valence-electron chi connectivity index (χ2n) is 8.42. The van der Waals surface area contributed by atoms with Gasteiger partial charge in [-0.3, -0.25) is 9.59 Å². The van der Waals surface area contributed by atoms with Crippen LogP contribution in [0.3, 0.4) is 0 Å². The predicted octanol–water partition coefficient (Wildman–Crippen LogP) is 2.32. The van der Waals surface area contributed by atoms with E-state index in [1.54, 1.807) is 26.8 Å². The van der Waals surface area contributed by atoms with Gasteiger partial charge in [0.2, 0.25) is 0 Å². The zero-order chi connectivity index (χ0) is 22.3. The van der Waals surface area contributed by atoms with Crippen LogP contribution < -0.4 is 0 Å². The lowest BCUT2D eigenvalue weighted by Gasteiger charge is -2.33. The topological polar surface area (TPSA) is 108 Å². The van der Waals surface area contributed by atoms with Gasteiger partial charge in [0.15, 0.2) is 5.79 Å². The van der Waals surface area contributed by atoms with Crippen LogP contribution in [0.25, 0.3) is 0 Å². The summed E-state index contributed by atoms with van der Waals surface area (Å²) in [5, 5.41) is 11.0. The van der Waals surface area contributed by atoms with Gasteiger partial charge in [0.1, 0.15) is 18.5 Å². The Morgan fingerprint density at radius 1 is 1.43 bits per heavy atom. The lowest BCUT2D eigenvalue weighted by Crippen LogP contribution is -2.40. The molecule has 5 atom stereocenters. The van der Waals surface area contributed by atoms with E-state index in [-0.39, 0.29) is 24.4 Å². The fourth-order valence-corrected chi connectivity index (χ4v) is 3.98. The van der Waals surface area contributed by atoms with Crippen LogP contribution in [0.4, 0.5) is 0 Å². The van der Waals surface area contributed by atoms with Crippen molar-refractivity contribution < 1.29 is 38.4 Å². The molecule has 8 nitrogen and oxygen atoms in total. The molecule has 0 saturated carbocycles. The van der Waals surface area contributed by atoms with Gasteiger partial charge in [-0.1, -0.05) is 13.0 Å². The minimum atomic E-state index is -1.40. The van der Waals surface area contributed by atoms with Gasteiger partial charge in [-0.05, 0) is 32.8 Å². The highest BCUT2D eigenvalue weighted by Crippen LogP contribution is 2.47. The van der Waals surface area contributed by atoms with Crippen LogP contribution in [0, 0.1) is 11.8 Å². The molecule has 164 valence electrons. The van der Waals surface area contributed by atoms with Gasteiger partial charge in [-0.25, -0.2) is 4.79 Å². The Hall–Kier alpha value is -2.45. The molecule has 1 fully saturated rings. The van der Waals surface area contributed by atoms with Crippen molar-refractivity contribution in [2.45, 2.75) is 64.4 Å². The Morgan fingerprint density at radius 3 is 2.77 bits per heavy atom. The highest BCUT2D eigenvalue weighted by Gasteiger charge is 2.52. The van der Waals surface area contributed by atoms with Gasteiger partial charge in [0, 0.05) is 24.8 Å². The summed E-state index contributed by atoms with van der Waals surface area (Å²) in [4.78, 5) is 36.4. The molecule has 0 aliphatic carbocycles. The van der Waals surface area contributed by atoms with Crippen molar-refractivity contribution in [3.05, 3.63) is 35.6 Å². The van der Waals surface area contributed by atoms with Crippen LogP contribution in [0.5, 0.6) is 0 Å². The highest BCUT2D eigenvalue weighted by atomic mass is 16.6. The van der Waals surface area contributed by atoms with E-state index in [4.69, 9.17) is 18.9 Å². The summed E-state index contributed by atoms with van der Waals surface area (Å²) in [7, 11) is 0. The first-order chi connectivity index (χ1) is 14.0. The lowest BCUT2D eigenvalue weighted by atomic mass is 9.85. The summed E-state index contributed by atoms with van der Waals surface area (Å²) in [6.45, 7) is 9.79. The van der Waals surface area contributed by atoms with Gasteiger partial charge >= 0.3 is 17.9 Å². The van der Waals surface area contributed by atoms with Crippen LogP contribution in [-0.4, -0.2) is 47.1 Å². The van der Waals surface area contributed by atoms with Gasteiger partial charge in [0.05, 0.1) is 17.1 Å². The maximum atomic E-state index is 12.6. The standard InChI is InChI=1S/C22H28O8/c1-6-12(2)19(24)28-16-9-13(3)22(26)8-7-21(5,30-22)10-17-18(16)15(20(25)29-17)11-27-14(4)23/h6,10,12-13,16,26H,1,7-9,11H2,2-5H3/b17-10+/t12?,13-,16+,21-,22+/m1/s1. The van der Waals surface area contributed by atoms with Crippen LogP contribution in [-0.2, 0) is 33.3 Å². The van der Waals surface area contributed by atoms with Crippen LogP contribution in [0.1, 0.15) is 47.0 Å². The number of esters is 3. The number of aliphatic hydroxyl groups is 1. The van der Waals surface area contributed by atoms with Crippen molar-refractivity contribution >= 4 is 17.9 Å². The third kappa shape index (κ3) is 4.20. The minimum absolute atomic E-state index is 0.112.